The molecule has 4 aromatic rings. The van der Waals surface area contributed by atoms with Gasteiger partial charge in [0.05, 0.1) is 18.7 Å². The van der Waals surface area contributed by atoms with E-state index in [1.54, 1.807) is 19.3 Å². The van der Waals surface area contributed by atoms with Gasteiger partial charge in [0.25, 0.3) is 0 Å². The second-order valence-corrected chi connectivity index (χ2v) is 8.18. The summed E-state index contributed by atoms with van der Waals surface area (Å²) in [7, 11) is 0. The highest BCUT2D eigenvalue weighted by molar-refractivity contribution is 6.01. The molecule has 0 aliphatic heterocycles. The first-order valence-corrected chi connectivity index (χ1v) is 12.1. The van der Waals surface area contributed by atoms with Crippen molar-refractivity contribution >= 4 is 11.7 Å². The lowest BCUT2D eigenvalue weighted by atomic mass is 10.1. The third-order valence-electron chi connectivity index (χ3n) is 5.48. The summed E-state index contributed by atoms with van der Waals surface area (Å²) in [5.74, 6) is 1.75. The Kier molecular flexibility index (Phi) is 9.02. The van der Waals surface area contributed by atoms with Gasteiger partial charge in [-0.3, -0.25) is 9.78 Å². The predicted molar refractivity (Wildman–Crippen MR) is 139 cm³/mol. The van der Waals surface area contributed by atoms with E-state index >= 15 is 0 Å². The summed E-state index contributed by atoms with van der Waals surface area (Å²) in [5, 5.41) is 4.28. The molecular weight excluding hydrogens is 470 g/mol. The van der Waals surface area contributed by atoms with Gasteiger partial charge in [0, 0.05) is 29.9 Å². The van der Waals surface area contributed by atoms with Crippen LogP contribution in [0.3, 0.4) is 0 Å². The van der Waals surface area contributed by atoms with Gasteiger partial charge in [-0.05, 0) is 55.8 Å². The van der Waals surface area contributed by atoms with Crippen LogP contribution in [0.4, 0.5) is 0 Å². The lowest BCUT2D eigenvalue weighted by Gasteiger charge is -2.08. The maximum atomic E-state index is 11.8. The third kappa shape index (κ3) is 7.51. The average molecular weight is 500 g/mol. The Morgan fingerprint density at radius 1 is 0.973 bits per heavy atom. The standard InChI is InChI=1S/C29H29N3O5/c1-3-34-28(33)16-15-26(24-10-7-17-30-18-24)32-36-19-22-11-13-25(14-12-22)35-20-27-21(2)37-29(31-27)23-8-5-4-6-9-23/h4-14,17-18H,3,15-16,19-20H2,1-2H3/b32-26-. The normalized spacial score (nSPS) is 11.2. The number of pyridine rings is 1. The first kappa shape index (κ1) is 25.6. The number of hydrogen-bond donors (Lipinski definition) is 0. The lowest BCUT2D eigenvalue weighted by molar-refractivity contribution is -0.142. The van der Waals surface area contributed by atoms with Crippen LogP contribution in [0.5, 0.6) is 5.75 Å². The van der Waals surface area contributed by atoms with Crippen LogP contribution in [-0.4, -0.2) is 28.3 Å². The Bertz CT molecular complexity index is 1300. The van der Waals surface area contributed by atoms with Crippen LogP contribution in [0.15, 0.2) is 88.7 Å². The molecular formula is C29H29N3O5. The van der Waals surface area contributed by atoms with E-state index in [0.717, 1.165) is 28.1 Å². The van der Waals surface area contributed by atoms with Gasteiger partial charge in [-0.15, -0.1) is 0 Å². The maximum absolute atomic E-state index is 11.8. The molecule has 37 heavy (non-hydrogen) atoms. The van der Waals surface area contributed by atoms with Crippen molar-refractivity contribution in [2.75, 3.05) is 6.61 Å². The number of esters is 1. The summed E-state index contributed by atoms with van der Waals surface area (Å²) >= 11 is 0. The first-order chi connectivity index (χ1) is 18.1. The molecule has 190 valence electrons. The summed E-state index contributed by atoms with van der Waals surface area (Å²) in [5.41, 5.74) is 4.05. The molecule has 2 aromatic carbocycles. The lowest BCUT2D eigenvalue weighted by Crippen LogP contribution is -2.09. The molecule has 4 rings (SSSR count). The molecule has 0 radical (unpaired) electrons. The number of nitrogens with zero attached hydrogens (tertiary/aromatic N) is 3. The number of ether oxygens (including phenoxy) is 2. The van der Waals surface area contributed by atoms with Gasteiger partial charge in [-0.25, -0.2) is 4.98 Å². The number of benzene rings is 2. The average Bonchev–Trinajstić information content (AvgIpc) is 3.31. The number of rotatable bonds is 12. The quantitative estimate of drug-likeness (QED) is 0.136. The molecule has 2 aromatic heterocycles. The van der Waals surface area contributed by atoms with E-state index in [-0.39, 0.29) is 19.0 Å². The SMILES string of the molecule is CCOC(=O)CC/C(=N/OCc1ccc(OCc2nc(-c3ccccc3)oc2C)cc1)c1cccnc1. The fourth-order valence-corrected chi connectivity index (χ4v) is 3.51. The minimum absolute atomic E-state index is 0.217. The van der Waals surface area contributed by atoms with E-state index in [2.05, 4.69) is 15.1 Å². The van der Waals surface area contributed by atoms with Crippen LogP contribution < -0.4 is 4.74 Å². The summed E-state index contributed by atoms with van der Waals surface area (Å²) in [6.07, 6.45) is 3.99. The molecule has 0 saturated carbocycles. The molecule has 0 amide bonds. The van der Waals surface area contributed by atoms with Crippen molar-refractivity contribution in [2.24, 2.45) is 5.16 Å². The largest absolute Gasteiger partial charge is 0.487 e. The van der Waals surface area contributed by atoms with Crippen LogP contribution >= 0.6 is 0 Å². The highest BCUT2D eigenvalue weighted by Gasteiger charge is 2.12. The van der Waals surface area contributed by atoms with Gasteiger partial charge in [0.2, 0.25) is 5.89 Å². The van der Waals surface area contributed by atoms with Gasteiger partial charge in [0.1, 0.15) is 30.4 Å². The van der Waals surface area contributed by atoms with Crippen LogP contribution in [0, 0.1) is 6.92 Å². The Morgan fingerprint density at radius 3 is 2.51 bits per heavy atom. The highest BCUT2D eigenvalue weighted by atomic mass is 16.6. The first-order valence-electron chi connectivity index (χ1n) is 12.1. The fraction of sp³-hybridized carbons (Fsp3) is 0.241. The number of carbonyl (C=O) groups is 1. The Labute approximate surface area is 215 Å². The van der Waals surface area contributed by atoms with E-state index in [1.165, 1.54) is 0 Å². The Balaban J connectivity index is 1.32. The molecule has 0 spiro atoms. The van der Waals surface area contributed by atoms with Gasteiger partial charge in [-0.1, -0.05) is 35.5 Å². The maximum Gasteiger partial charge on any atom is 0.306 e. The van der Waals surface area contributed by atoms with Crippen molar-refractivity contribution < 1.29 is 23.5 Å². The molecule has 0 aliphatic rings. The third-order valence-corrected chi connectivity index (χ3v) is 5.48. The minimum atomic E-state index is -0.271. The molecule has 0 N–H and O–H groups in total. The van der Waals surface area contributed by atoms with Crippen LogP contribution in [-0.2, 0) is 27.6 Å². The van der Waals surface area contributed by atoms with Gasteiger partial charge in [0.15, 0.2) is 0 Å². The number of oxazole rings is 1. The van der Waals surface area contributed by atoms with Crippen LogP contribution in [0.25, 0.3) is 11.5 Å². The van der Waals surface area contributed by atoms with Crippen molar-refractivity contribution in [3.63, 3.8) is 0 Å². The molecule has 0 saturated heterocycles. The van der Waals surface area contributed by atoms with E-state index in [4.69, 9.17) is 18.7 Å². The van der Waals surface area contributed by atoms with Gasteiger partial charge < -0.3 is 18.7 Å². The topological polar surface area (TPSA) is 96.0 Å². The van der Waals surface area contributed by atoms with Crippen LogP contribution in [0.2, 0.25) is 0 Å². The number of hydrogen-bond acceptors (Lipinski definition) is 8. The Morgan fingerprint density at radius 2 is 1.78 bits per heavy atom. The second kappa shape index (κ2) is 13.0. The Hall–Kier alpha value is -4.46. The summed E-state index contributed by atoms with van der Waals surface area (Å²) in [6.45, 7) is 4.58. The van der Waals surface area contributed by atoms with E-state index in [9.17, 15) is 4.79 Å². The zero-order valence-electron chi connectivity index (χ0n) is 20.9. The van der Waals surface area contributed by atoms with Crippen molar-refractivity contribution in [2.45, 2.75) is 39.9 Å². The molecule has 0 fully saturated rings. The summed E-state index contributed by atoms with van der Waals surface area (Å²) < 4.78 is 16.7. The van der Waals surface area contributed by atoms with Crippen molar-refractivity contribution in [1.29, 1.82) is 0 Å². The molecule has 0 aliphatic carbocycles. The van der Waals surface area contributed by atoms with Crippen molar-refractivity contribution in [3.8, 4) is 17.2 Å². The van der Waals surface area contributed by atoms with Gasteiger partial charge in [-0.2, -0.15) is 0 Å². The molecule has 0 bridgehead atoms. The monoisotopic (exact) mass is 499 g/mol. The number of aryl methyl sites for hydroxylation is 1. The minimum Gasteiger partial charge on any atom is -0.487 e. The van der Waals surface area contributed by atoms with Crippen molar-refractivity contribution in [1.82, 2.24) is 9.97 Å². The molecule has 0 unspecified atom stereocenters. The van der Waals surface area contributed by atoms with E-state index < -0.39 is 0 Å². The molecule has 2 heterocycles. The fourth-order valence-electron chi connectivity index (χ4n) is 3.51. The van der Waals surface area contributed by atoms with E-state index in [0.29, 0.717) is 37.0 Å². The zero-order chi connectivity index (χ0) is 25.9. The summed E-state index contributed by atoms with van der Waals surface area (Å²) in [6, 6.07) is 21.0. The van der Waals surface area contributed by atoms with Gasteiger partial charge >= 0.3 is 5.97 Å². The molecule has 0 atom stereocenters. The second-order valence-electron chi connectivity index (χ2n) is 8.18. The highest BCUT2D eigenvalue weighted by Crippen LogP contribution is 2.23. The molecule has 8 heteroatoms. The number of oxime groups is 1. The zero-order valence-corrected chi connectivity index (χ0v) is 20.9. The van der Waals surface area contributed by atoms with E-state index in [1.807, 2.05) is 73.7 Å². The summed E-state index contributed by atoms with van der Waals surface area (Å²) in [4.78, 5) is 26.1. The smallest absolute Gasteiger partial charge is 0.306 e. The number of carbonyl (C=O) groups excluding carboxylic acids is 1. The molecule has 8 nitrogen and oxygen atoms in total. The van der Waals surface area contributed by atoms with Crippen LogP contribution in [0.1, 0.15) is 42.3 Å². The predicted octanol–water partition coefficient (Wildman–Crippen LogP) is 5.89. The van der Waals surface area contributed by atoms with Crippen molar-refractivity contribution in [3.05, 3.63) is 102 Å². The number of aromatic nitrogens is 2.